The van der Waals surface area contributed by atoms with Gasteiger partial charge in [-0.3, -0.25) is 4.79 Å². The Kier molecular flexibility index (Phi) is 4.54. The summed E-state index contributed by atoms with van der Waals surface area (Å²) in [6.45, 7) is 0. The highest BCUT2D eigenvalue weighted by molar-refractivity contribution is 6.02. The number of rotatable bonds is 5. The zero-order chi connectivity index (χ0) is 18.6. The lowest BCUT2D eigenvalue weighted by molar-refractivity contribution is -0.117. The molecule has 5 heteroatoms. The molecule has 0 atom stereocenters. The molecule has 2 aromatic carbocycles. The molecule has 0 aliphatic heterocycles. The van der Waals surface area contributed by atoms with E-state index in [1.807, 2.05) is 72.9 Å². The molecular weight excluding hydrogens is 336 g/mol. The molecule has 0 unspecified atom stereocenters. The number of carbonyl (C=O) groups is 1. The number of nitrogens with zero attached hydrogens (tertiary/aromatic N) is 3. The Morgan fingerprint density at radius 3 is 2.41 bits per heavy atom. The van der Waals surface area contributed by atoms with E-state index >= 15 is 0 Å². The van der Waals surface area contributed by atoms with Crippen molar-refractivity contribution >= 4 is 12.0 Å². The van der Waals surface area contributed by atoms with E-state index < -0.39 is 0 Å². The van der Waals surface area contributed by atoms with E-state index in [9.17, 15) is 10.1 Å². The van der Waals surface area contributed by atoms with Gasteiger partial charge in [-0.25, -0.2) is 4.68 Å². The normalized spacial score (nSPS) is 13.8. The van der Waals surface area contributed by atoms with Gasteiger partial charge < -0.3 is 5.32 Å². The van der Waals surface area contributed by atoms with Crippen molar-refractivity contribution in [2.24, 2.45) is 0 Å². The molecule has 1 aliphatic rings. The summed E-state index contributed by atoms with van der Waals surface area (Å²) in [6, 6.07) is 21.7. The third-order valence-corrected chi connectivity index (χ3v) is 4.39. The van der Waals surface area contributed by atoms with E-state index in [1.54, 1.807) is 10.8 Å². The quantitative estimate of drug-likeness (QED) is 0.561. The summed E-state index contributed by atoms with van der Waals surface area (Å²) in [7, 11) is 0. The molecule has 1 aromatic heterocycles. The molecule has 4 rings (SSSR count). The maximum absolute atomic E-state index is 12.3. The highest BCUT2D eigenvalue weighted by atomic mass is 16.1. The SMILES string of the molecule is N#C/C(=C\c1cn(-c2ccccc2)nc1-c1ccccc1)C(=O)NC1CC1. The summed E-state index contributed by atoms with van der Waals surface area (Å²) < 4.78 is 1.77. The van der Waals surface area contributed by atoms with E-state index in [2.05, 4.69) is 5.32 Å². The number of aromatic nitrogens is 2. The Bertz CT molecular complexity index is 1030. The number of benzene rings is 2. The van der Waals surface area contributed by atoms with Gasteiger partial charge >= 0.3 is 0 Å². The molecule has 0 radical (unpaired) electrons. The van der Waals surface area contributed by atoms with Crippen LogP contribution in [0.2, 0.25) is 0 Å². The molecule has 1 aliphatic carbocycles. The Balaban J connectivity index is 1.78. The minimum atomic E-state index is -0.327. The second-order valence-electron chi connectivity index (χ2n) is 6.50. The highest BCUT2D eigenvalue weighted by Crippen LogP contribution is 2.26. The Morgan fingerprint density at radius 2 is 1.78 bits per heavy atom. The van der Waals surface area contributed by atoms with Gasteiger partial charge in [0, 0.05) is 23.4 Å². The van der Waals surface area contributed by atoms with Crippen LogP contribution < -0.4 is 5.32 Å². The van der Waals surface area contributed by atoms with Crippen molar-refractivity contribution in [3.8, 4) is 23.0 Å². The standard InChI is InChI=1S/C22H18N4O/c23-14-17(22(27)24-19-11-12-19)13-18-15-26(20-9-5-2-6-10-20)25-21(18)16-7-3-1-4-8-16/h1-10,13,15,19H,11-12H2,(H,24,27)/b17-13+. The average Bonchev–Trinajstić information content (AvgIpc) is 3.43. The average molecular weight is 354 g/mol. The van der Waals surface area contributed by atoms with Gasteiger partial charge in [-0.15, -0.1) is 0 Å². The van der Waals surface area contributed by atoms with Crippen LogP contribution >= 0.6 is 0 Å². The van der Waals surface area contributed by atoms with Crippen LogP contribution in [0.1, 0.15) is 18.4 Å². The molecule has 0 saturated heterocycles. The lowest BCUT2D eigenvalue weighted by Gasteiger charge is -2.02. The molecule has 132 valence electrons. The molecule has 0 bridgehead atoms. The van der Waals surface area contributed by atoms with Gasteiger partial charge in [-0.1, -0.05) is 48.5 Å². The van der Waals surface area contributed by atoms with Crippen LogP contribution in [0.25, 0.3) is 23.0 Å². The topological polar surface area (TPSA) is 70.7 Å². The Hall–Kier alpha value is -3.65. The number of nitriles is 1. The van der Waals surface area contributed by atoms with Crippen molar-refractivity contribution in [1.29, 1.82) is 5.26 Å². The van der Waals surface area contributed by atoms with E-state index in [4.69, 9.17) is 5.10 Å². The molecule has 1 saturated carbocycles. The van der Waals surface area contributed by atoms with Crippen molar-refractivity contribution in [3.63, 3.8) is 0 Å². The van der Waals surface area contributed by atoms with Crippen molar-refractivity contribution in [2.45, 2.75) is 18.9 Å². The van der Waals surface area contributed by atoms with Gasteiger partial charge in [-0.05, 0) is 31.1 Å². The summed E-state index contributed by atoms with van der Waals surface area (Å²) in [4.78, 5) is 12.3. The monoisotopic (exact) mass is 354 g/mol. The minimum absolute atomic E-state index is 0.0895. The maximum atomic E-state index is 12.3. The molecule has 1 fully saturated rings. The van der Waals surface area contributed by atoms with Gasteiger partial charge in [0.25, 0.3) is 5.91 Å². The predicted molar refractivity (Wildman–Crippen MR) is 104 cm³/mol. The molecule has 0 spiro atoms. The third kappa shape index (κ3) is 3.80. The first-order chi connectivity index (χ1) is 13.2. The fourth-order valence-electron chi connectivity index (χ4n) is 2.82. The molecule has 1 amide bonds. The second-order valence-corrected chi connectivity index (χ2v) is 6.50. The predicted octanol–water partition coefficient (Wildman–Crippen LogP) is 3.72. The van der Waals surface area contributed by atoms with Crippen LogP contribution in [0.4, 0.5) is 0 Å². The fraction of sp³-hybridized carbons (Fsp3) is 0.136. The summed E-state index contributed by atoms with van der Waals surface area (Å²) in [5.41, 5.74) is 3.39. The van der Waals surface area contributed by atoms with Crippen LogP contribution in [0.5, 0.6) is 0 Å². The molecule has 1 heterocycles. The first-order valence-corrected chi connectivity index (χ1v) is 8.88. The largest absolute Gasteiger partial charge is 0.349 e. The van der Waals surface area contributed by atoms with Crippen molar-refractivity contribution in [2.75, 3.05) is 0 Å². The summed E-state index contributed by atoms with van der Waals surface area (Å²) in [5, 5.41) is 17.0. The first-order valence-electron chi connectivity index (χ1n) is 8.88. The molecule has 27 heavy (non-hydrogen) atoms. The van der Waals surface area contributed by atoms with Gasteiger partial charge in [-0.2, -0.15) is 10.4 Å². The van der Waals surface area contributed by atoms with Gasteiger partial charge in [0.2, 0.25) is 0 Å². The zero-order valence-corrected chi connectivity index (χ0v) is 14.7. The lowest BCUT2D eigenvalue weighted by Crippen LogP contribution is -2.26. The van der Waals surface area contributed by atoms with Gasteiger partial charge in [0.1, 0.15) is 11.6 Å². The van der Waals surface area contributed by atoms with Gasteiger partial charge in [0.15, 0.2) is 0 Å². The number of para-hydroxylation sites is 1. The number of nitrogens with one attached hydrogen (secondary N) is 1. The molecular formula is C22H18N4O. The Morgan fingerprint density at radius 1 is 1.11 bits per heavy atom. The van der Waals surface area contributed by atoms with Crippen LogP contribution in [-0.4, -0.2) is 21.7 Å². The van der Waals surface area contributed by atoms with E-state index in [0.717, 1.165) is 35.3 Å². The van der Waals surface area contributed by atoms with Crippen LogP contribution in [0.3, 0.4) is 0 Å². The second kappa shape index (κ2) is 7.30. The molecule has 5 nitrogen and oxygen atoms in total. The summed E-state index contributed by atoms with van der Waals surface area (Å²) in [6.07, 6.45) is 5.42. The summed E-state index contributed by atoms with van der Waals surface area (Å²) >= 11 is 0. The number of hydrogen-bond acceptors (Lipinski definition) is 3. The van der Waals surface area contributed by atoms with Gasteiger partial charge in [0.05, 0.1) is 11.4 Å². The number of hydrogen-bond donors (Lipinski definition) is 1. The molecule has 3 aromatic rings. The van der Waals surface area contributed by atoms with Crippen molar-refractivity contribution in [1.82, 2.24) is 15.1 Å². The van der Waals surface area contributed by atoms with E-state index in [0.29, 0.717) is 0 Å². The minimum Gasteiger partial charge on any atom is -0.349 e. The maximum Gasteiger partial charge on any atom is 0.262 e. The Labute approximate surface area is 157 Å². The first kappa shape index (κ1) is 16.8. The lowest BCUT2D eigenvalue weighted by atomic mass is 10.1. The van der Waals surface area contributed by atoms with Crippen LogP contribution in [-0.2, 0) is 4.79 Å². The smallest absolute Gasteiger partial charge is 0.262 e. The van der Waals surface area contributed by atoms with Crippen molar-refractivity contribution in [3.05, 3.63) is 78.0 Å². The van der Waals surface area contributed by atoms with Crippen LogP contribution in [0.15, 0.2) is 72.4 Å². The number of carbonyl (C=O) groups excluding carboxylic acids is 1. The number of amides is 1. The van der Waals surface area contributed by atoms with E-state index in [-0.39, 0.29) is 17.5 Å². The third-order valence-electron chi connectivity index (χ3n) is 4.39. The van der Waals surface area contributed by atoms with Crippen molar-refractivity contribution < 1.29 is 4.79 Å². The van der Waals surface area contributed by atoms with E-state index in [1.165, 1.54) is 0 Å². The fourth-order valence-corrected chi connectivity index (χ4v) is 2.82. The molecule has 1 N–H and O–H groups in total. The zero-order valence-electron chi connectivity index (χ0n) is 14.7. The van der Waals surface area contributed by atoms with Crippen LogP contribution in [0, 0.1) is 11.3 Å². The summed E-state index contributed by atoms with van der Waals surface area (Å²) in [5.74, 6) is -0.327. The highest BCUT2D eigenvalue weighted by Gasteiger charge is 2.25.